The Bertz CT molecular complexity index is 912. The maximum atomic E-state index is 5.61. The highest BCUT2D eigenvalue weighted by Gasteiger charge is 2.13. The third-order valence-electron chi connectivity index (χ3n) is 4.82. The van der Waals surface area contributed by atoms with E-state index in [1.165, 1.54) is 16.5 Å². The fraction of sp³-hybridized carbons (Fsp3) is 0.292. The summed E-state index contributed by atoms with van der Waals surface area (Å²) >= 11 is 0. The van der Waals surface area contributed by atoms with Crippen LogP contribution in [0.1, 0.15) is 56.2 Å². The van der Waals surface area contributed by atoms with Crippen LogP contribution in [0.4, 0.5) is 5.69 Å². The van der Waals surface area contributed by atoms with Gasteiger partial charge in [-0.2, -0.15) is 0 Å². The van der Waals surface area contributed by atoms with Crippen molar-refractivity contribution in [3.05, 3.63) is 71.3 Å². The van der Waals surface area contributed by atoms with Crippen molar-refractivity contribution in [2.24, 2.45) is 4.99 Å². The van der Waals surface area contributed by atoms with Crippen LogP contribution in [-0.4, -0.2) is 13.3 Å². The van der Waals surface area contributed by atoms with Gasteiger partial charge in [0.25, 0.3) is 0 Å². The molecule has 3 aromatic rings. The maximum absolute atomic E-state index is 5.61. The topological polar surface area (TPSA) is 21.6 Å². The third kappa shape index (κ3) is 3.50. The zero-order valence-corrected chi connectivity index (χ0v) is 16.3. The molecule has 3 rings (SSSR count). The number of rotatable bonds is 5. The van der Waals surface area contributed by atoms with Crippen LogP contribution in [0.25, 0.3) is 10.8 Å². The summed E-state index contributed by atoms with van der Waals surface area (Å²) in [7, 11) is 1.71. The van der Waals surface area contributed by atoms with E-state index in [2.05, 4.69) is 76.2 Å². The Balaban J connectivity index is 2.19. The molecule has 0 aliphatic heterocycles. The summed E-state index contributed by atoms with van der Waals surface area (Å²) in [6, 6.07) is 19.0. The lowest BCUT2D eigenvalue weighted by Gasteiger charge is -2.16. The number of fused-ring (bicyclic) bond motifs is 1. The average Bonchev–Trinajstić information content (AvgIpc) is 2.65. The van der Waals surface area contributed by atoms with Gasteiger partial charge in [0.1, 0.15) is 5.75 Å². The van der Waals surface area contributed by atoms with E-state index in [9.17, 15) is 0 Å². The number of methoxy groups -OCH3 is 1. The molecule has 0 atom stereocenters. The van der Waals surface area contributed by atoms with Crippen molar-refractivity contribution in [3.63, 3.8) is 0 Å². The van der Waals surface area contributed by atoms with Gasteiger partial charge in [0.05, 0.1) is 12.8 Å². The van der Waals surface area contributed by atoms with Crippen molar-refractivity contribution in [2.45, 2.75) is 39.5 Å². The number of nitrogens with zero attached hydrogens (tertiary/aromatic N) is 1. The number of hydrogen-bond donors (Lipinski definition) is 0. The fourth-order valence-corrected chi connectivity index (χ4v) is 3.38. The average molecular weight is 345 g/mol. The summed E-state index contributed by atoms with van der Waals surface area (Å²) in [4.78, 5) is 4.97. The molecular formula is C24H27NO. The first kappa shape index (κ1) is 18.2. The SMILES string of the molecule is COc1ccc2ccccc2c1/C=N/c1c(C(C)C)cccc1C(C)C. The molecule has 26 heavy (non-hydrogen) atoms. The van der Waals surface area contributed by atoms with E-state index in [0.717, 1.165) is 22.4 Å². The van der Waals surface area contributed by atoms with Gasteiger partial charge >= 0.3 is 0 Å². The Kier molecular flexibility index (Phi) is 5.41. The van der Waals surface area contributed by atoms with Crippen molar-refractivity contribution in [2.75, 3.05) is 7.11 Å². The lowest BCUT2D eigenvalue weighted by molar-refractivity contribution is 0.415. The fourth-order valence-electron chi connectivity index (χ4n) is 3.38. The van der Waals surface area contributed by atoms with Crippen molar-refractivity contribution < 1.29 is 4.74 Å². The maximum Gasteiger partial charge on any atom is 0.128 e. The minimum Gasteiger partial charge on any atom is -0.496 e. The Hall–Kier alpha value is -2.61. The molecule has 134 valence electrons. The summed E-state index contributed by atoms with van der Waals surface area (Å²) in [5, 5.41) is 2.35. The van der Waals surface area contributed by atoms with Gasteiger partial charge in [-0.1, -0.05) is 76.2 Å². The first-order chi connectivity index (χ1) is 12.5. The zero-order valence-electron chi connectivity index (χ0n) is 16.3. The molecule has 0 fully saturated rings. The van der Waals surface area contributed by atoms with Crippen molar-refractivity contribution in [3.8, 4) is 5.75 Å². The Morgan fingerprint density at radius 1 is 0.808 bits per heavy atom. The van der Waals surface area contributed by atoms with Crippen LogP contribution in [0.3, 0.4) is 0 Å². The van der Waals surface area contributed by atoms with Crippen LogP contribution in [0.15, 0.2) is 59.6 Å². The first-order valence-electron chi connectivity index (χ1n) is 9.25. The molecule has 0 aliphatic carbocycles. The minimum atomic E-state index is 0.426. The predicted molar refractivity (Wildman–Crippen MR) is 112 cm³/mol. The second kappa shape index (κ2) is 7.74. The lowest BCUT2D eigenvalue weighted by atomic mass is 9.93. The molecule has 0 unspecified atom stereocenters. The van der Waals surface area contributed by atoms with E-state index in [-0.39, 0.29) is 0 Å². The van der Waals surface area contributed by atoms with Gasteiger partial charge in [-0.05, 0) is 39.8 Å². The number of aliphatic imine (C=N–C) groups is 1. The van der Waals surface area contributed by atoms with Gasteiger partial charge in [-0.15, -0.1) is 0 Å². The second-order valence-electron chi connectivity index (χ2n) is 7.26. The molecule has 0 spiro atoms. The highest BCUT2D eigenvalue weighted by molar-refractivity contribution is 6.03. The monoisotopic (exact) mass is 345 g/mol. The van der Waals surface area contributed by atoms with Crippen LogP contribution in [0.5, 0.6) is 5.75 Å². The van der Waals surface area contributed by atoms with Gasteiger partial charge in [0, 0.05) is 11.8 Å². The number of ether oxygens (including phenoxy) is 1. The van der Waals surface area contributed by atoms with E-state index in [1.54, 1.807) is 7.11 Å². The number of para-hydroxylation sites is 1. The molecule has 0 radical (unpaired) electrons. The molecule has 0 N–H and O–H groups in total. The summed E-state index contributed by atoms with van der Waals surface area (Å²) < 4.78 is 5.61. The quantitative estimate of drug-likeness (QED) is 0.464. The van der Waals surface area contributed by atoms with Gasteiger partial charge < -0.3 is 4.74 Å². The van der Waals surface area contributed by atoms with Crippen molar-refractivity contribution in [1.82, 2.24) is 0 Å². The van der Waals surface area contributed by atoms with Crippen LogP contribution in [-0.2, 0) is 0 Å². The minimum absolute atomic E-state index is 0.426. The molecule has 0 saturated heterocycles. The van der Waals surface area contributed by atoms with Gasteiger partial charge in [-0.3, -0.25) is 4.99 Å². The number of hydrogen-bond acceptors (Lipinski definition) is 2. The standard InChI is InChI=1S/C24H27NO/c1-16(2)19-11-8-12-20(17(3)4)24(19)25-15-22-21-10-7-6-9-18(21)13-14-23(22)26-5/h6-17H,1-5H3/b25-15+. The normalized spacial score (nSPS) is 11.8. The largest absolute Gasteiger partial charge is 0.496 e. The van der Waals surface area contributed by atoms with E-state index < -0.39 is 0 Å². The third-order valence-corrected chi connectivity index (χ3v) is 4.82. The molecule has 3 aromatic carbocycles. The molecule has 0 aliphatic rings. The second-order valence-corrected chi connectivity index (χ2v) is 7.26. The van der Waals surface area contributed by atoms with Gasteiger partial charge in [0.2, 0.25) is 0 Å². The molecule has 0 saturated carbocycles. The smallest absolute Gasteiger partial charge is 0.128 e. The first-order valence-corrected chi connectivity index (χ1v) is 9.25. The van der Waals surface area contributed by atoms with E-state index in [4.69, 9.17) is 9.73 Å². The van der Waals surface area contributed by atoms with E-state index in [0.29, 0.717) is 11.8 Å². The Morgan fingerprint density at radius 3 is 2.08 bits per heavy atom. The molecule has 2 heteroatoms. The number of benzene rings is 3. The summed E-state index contributed by atoms with van der Waals surface area (Å²) in [6.45, 7) is 8.88. The van der Waals surface area contributed by atoms with Gasteiger partial charge in [0.15, 0.2) is 0 Å². The van der Waals surface area contributed by atoms with Crippen molar-refractivity contribution in [1.29, 1.82) is 0 Å². The van der Waals surface area contributed by atoms with Crippen LogP contribution < -0.4 is 4.74 Å². The highest BCUT2D eigenvalue weighted by Crippen LogP contribution is 2.35. The highest BCUT2D eigenvalue weighted by atomic mass is 16.5. The van der Waals surface area contributed by atoms with Crippen LogP contribution in [0.2, 0.25) is 0 Å². The van der Waals surface area contributed by atoms with Gasteiger partial charge in [-0.25, -0.2) is 0 Å². The van der Waals surface area contributed by atoms with Crippen LogP contribution >= 0.6 is 0 Å². The van der Waals surface area contributed by atoms with Crippen molar-refractivity contribution >= 4 is 22.7 Å². The molecule has 0 heterocycles. The summed E-state index contributed by atoms with van der Waals surface area (Å²) in [5.74, 6) is 1.70. The van der Waals surface area contributed by atoms with Crippen LogP contribution in [0, 0.1) is 0 Å². The van der Waals surface area contributed by atoms with E-state index >= 15 is 0 Å². The Labute approximate surface area is 156 Å². The van der Waals surface area contributed by atoms with E-state index in [1.807, 2.05) is 12.3 Å². The molecule has 0 aromatic heterocycles. The zero-order chi connectivity index (χ0) is 18.7. The summed E-state index contributed by atoms with van der Waals surface area (Å²) in [5.41, 5.74) is 4.68. The Morgan fingerprint density at radius 2 is 1.46 bits per heavy atom. The summed E-state index contributed by atoms with van der Waals surface area (Å²) in [6.07, 6.45) is 1.97. The molecule has 0 bridgehead atoms. The molecule has 0 amide bonds. The predicted octanol–water partition coefficient (Wildman–Crippen LogP) is 6.85. The lowest BCUT2D eigenvalue weighted by Crippen LogP contribution is -1.97. The molecular weight excluding hydrogens is 318 g/mol. The molecule has 2 nitrogen and oxygen atoms in total.